The molecule has 4 heterocycles. The van der Waals surface area contributed by atoms with E-state index < -0.39 is 0 Å². The first-order valence-corrected chi connectivity index (χ1v) is 13.2. The molecule has 2 aliphatic heterocycles. The summed E-state index contributed by atoms with van der Waals surface area (Å²) >= 11 is 0. The zero-order chi connectivity index (χ0) is 24.5. The molecule has 2 atom stereocenters. The Balaban J connectivity index is 1.51. The molecule has 2 fully saturated rings. The van der Waals surface area contributed by atoms with E-state index in [9.17, 15) is 0 Å². The minimum absolute atomic E-state index is 0.624. The molecule has 188 valence electrons. The van der Waals surface area contributed by atoms with Crippen LogP contribution in [0.1, 0.15) is 56.1 Å². The van der Waals surface area contributed by atoms with Gasteiger partial charge in [0.2, 0.25) is 0 Å². The Labute approximate surface area is 208 Å². The SMILES string of the molecule is CCOc1ccc(-n2c(C)c3c(C)nnc(NCC4CCCN5CCCCC45)c3c2C)c(OC)c1. The first-order chi connectivity index (χ1) is 17.0. The molecule has 35 heavy (non-hydrogen) atoms. The van der Waals surface area contributed by atoms with Crippen LogP contribution in [0.25, 0.3) is 16.5 Å². The van der Waals surface area contributed by atoms with Crippen molar-refractivity contribution in [3.63, 3.8) is 0 Å². The quantitative estimate of drug-likeness (QED) is 0.490. The van der Waals surface area contributed by atoms with E-state index in [2.05, 4.69) is 44.9 Å². The molecule has 2 unspecified atom stereocenters. The van der Waals surface area contributed by atoms with Crippen LogP contribution in [0.15, 0.2) is 18.2 Å². The number of fused-ring (bicyclic) bond motifs is 2. The van der Waals surface area contributed by atoms with E-state index in [0.29, 0.717) is 18.6 Å². The van der Waals surface area contributed by atoms with E-state index in [1.165, 1.54) is 50.6 Å². The number of piperidine rings is 2. The van der Waals surface area contributed by atoms with Crippen molar-refractivity contribution in [2.24, 2.45) is 5.92 Å². The Morgan fingerprint density at radius 3 is 2.60 bits per heavy atom. The Morgan fingerprint density at radius 2 is 1.80 bits per heavy atom. The maximum absolute atomic E-state index is 5.78. The number of hydrogen-bond acceptors (Lipinski definition) is 6. The van der Waals surface area contributed by atoms with Crippen molar-refractivity contribution in [1.29, 1.82) is 0 Å². The number of anilines is 1. The van der Waals surface area contributed by atoms with Crippen LogP contribution in [-0.2, 0) is 0 Å². The molecule has 2 saturated heterocycles. The van der Waals surface area contributed by atoms with Gasteiger partial charge in [0.1, 0.15) is 11.5 Å². The van der Waals surface area contributed by atoms with E-state index in [1.54, 1.807) is 7.11 Å². The lowest BCUT2D eigenvalue weighted by molar-refractivity contribution is 0.0649. The first-order valence-electron chi connectivity index (χ1n) is 13.2. The lowest BCUT2D eigenvalue weighted by Crippen LogP contribution is -2.49. The molecular formula is C28H39N5O2. The number of aromatic nitrogens is 3. The Bertz CT molecular complexity index is 1200. The van der Waals surface area contributed by atoms with Crippen LogP contribution in [-0.4, -0.2) is 59.1 Å². The fourth-order valence-corrected chi connectivity index (χ4v) is 6.42. The van der Waals surface area contributed by atoms with E-state index >= 15 is 0 Å². The highest BCUT2D eigenvalue weighted by Gasteiger charge is 2.33. The van der Waals surface area contributed by atoms with Gasteiger partial charge in [-0.15, -0.1) is 5.10 Å². The molecule has 1 N–H and O–H groups in total. The van der Waals surface area contributed by atoms with Crippen LogP contribution in [0.3, 0.4) is 0 Å². The summed E-state index contributed by atoms with van der Waals surface area (Å²) in [6.07, 6.45) is 6.62. The highest BCUT2D eigenvalue weighted by Crippen LogP contribution is 2.38. The molecule has 0 spiro atoms. The summed E-state index contributed by atoms with van der Waals surface area (Å²) in [5.74, 6) is 3.15. The van der Waals surface area contributed by atoms with Gasteiger partial charge in [0.25, 0.3) is 0 Å². The molecule has 2 aliphatic rings. The fraction of sp³-hybridized carbons (Fsp3) is 0.571. The Morgan fingerprint density at radius 1 is 1.00 bits per heavy atom. The third-order valence-corrected chi connectivity index (χ3v) is 8.01. The summed E-state index contributed by atoms with van der Waals surface area (Å²) in [5.41, 5.74) is 4.23. The molecule has 0 amide bonds. The topological polar surface area (TPSA) is 64.4 Å². The molecule has 7 heteroatoms. The number of rotatable bonds is 7. The molecule has 0 saturated carbocycles. The largest absolute Gasteiger partial charge is 0.494 e. The van der Waals surface area contributed by atoms with Crippen LogP contribution in [0.4, 0.5) is 5.82 Å². The predicted octanol–water partition coefficient (Wildman–Crippen LogP) is 5.43. The van der Waals surface area contributed by atoms with Crippen LogP contribution in [0.5, 0.6) is 11.5 Å². The second-order valence-electron chi connectivity index (χ2n) is 10.0. The lowest BCUT2D eigenvalue weighted by atomic mass is 9.83. The van der Waals surface area contributed by atoms with Crippen LogP contribution < -0.4 is 14.8 Å². The van der Waals surface area contributed by atoms with Crippen LogP contribution in [0, 0.1) is 26.7 Å². The van der Waals surface area contributed by atoms with E-state index in [-0.39, 0.29) is 0 Å². The average Bonchev–Trinajstić information content (AvgIpc) is 3.14. The number of hydrogen-bond donors (Lipinski definition) is 1. The maximum atomic E-state index is 5.78. The van der Waals surface area contributed by atoms with Crippen molar-refractivity contribution < 1.29 is 9.47 Å². The van der Waals surface area contributed by atoms with Gasteiger partial charge >= 0.3 is 0 Å². The lowest BCUT2D eigenvalue weighted by Gasteiger charge is -2.44. The van der Waals surface area contributed by atoms with Crippen LogP contribution in [0.2, 0.25) is 0 Å². The second kappa shape index (κ2) is 10.1. The molecule has 2 aromatic heterocycles. The van der Waals surface area contributed by atoms with Crippen molar-refractivity contribution in [2.45, 2.75) is 65.8 Å². The van der Waals surface area contributed by atoms with Gasteiger partial charge in [0.15, 0.2) is 5.82 Å². The third-order valence-electron chi connectivity index (χ3n) is 8.01. The van der Waals surface area contributed by atoms with E-state index in [1.807, 2.05) is 26.0 Å². The van der Waals surface area contributed by atoms with Gasteiger partial charge in [-0.2, -0.15) is 5.10 Å². The zero-order valence-electron chi connectivity index (χ0n) is 21.9. The van der Waals surface area contributed by atoms with E-state index in [4.69, 9.17) is 9.47 Å². The highest BCUT2D eigenvalue weighted by molar-refractivity contribution is 5.98. The zero-order valence-corrected chi connectivity index (χ0v) is 21.9. The maximum Gasteiger partial charge on any atom is 0.158 e. The van der Waals surface area contributed by atoms with Gasteiger partial charge < -0.3 is 24.3 Å². The minimum Gasteiger partial charge on any atom is -0.494 e. The number of nitrogens with one attached hydrogen (secondary N) is 1. The number of benzene rings is 1. The second-order valence-corrected chi connectivity index (χ2v) is 10.0. The summed E-state index contributed by atoms with van der Waals surface area (Å²) < 4.78 is 13.7. The van der Waals surface area contributed by atoms with Gasteiger partial charge in [-0.05, 0) is 84.5 Å². The molecule has 7 nitrogen and oxygen atoms in total. The van der Waals surface area contributed by atoms with Crippen molar-refractivity contribution in [3.05, 3.63) is 35.3 Å². The van der Waals surface area contributed by atoms with E-state index in [0.717, 1.165) is 52.0 Å². The average molecular weight is 478 g/mol. The highest BCUT2D eigenvalue weighted by atomic mass is 16.5. The molecule has 3 aromatic rings. The monoisotopic (exact) mass is 477 g/mol. The van der Waals surface area contributed by atoms with Crippen molar-refractivity contribution in [2.75, 3.05) is 38.7 Å². The first kappa shape index (κ1) is 23.9. The predicted molar refractivity (Wildman–Crippen MR) is 141 cm³/mol. The summed E-state index contributed by atoms with van der Waals surface area (Å²) in [4.78, 5) is 2.72. The molecule has 1 aromatic carbocycles. The smallest absolute Gasteiger partial charge is 0.158 e. The summed E-state index contributed by atoms with van der Waals surface area (Å²) in [6.45, 7) is 12.5. The van der Waals surface area contributed by atoms with Gasteiger partial charge in [-0.25, -0.2) is 0 Å². The molecular weight excluding hydrogens is 438 g/mol. The number of aryl methyl sites for hydroxylation is 3. The molecule has 0 aliphatic carbocycles. The summed E-state index contributed by atoms with van der Waals surface area (Å²) in [7, 11) is 1.71. The van der Waals surface area contributed by atoms with Crippen molar-refractivity contribution >= 4 is 16.6 Å². The Kier molecular flexibility index (Phi) is 6.87. The molecule has 0 radical (unpaired) electrons. The molecule has 0 bridgehead atoms. The van der Waals surface area contributed by atoms with Crippen molar-refractivity contribution in [1.82, 2.24) is 19.7 Å². The number of ether oxygens (including phenoxy) is 2. The number of nitrogens with zero attached hydrogens (tertiary/aromatic N) is 4. The normalized spacial score (nSPS) is 20.6. The van der Waals surface area contributed by atoms with Gasteiger partial charge in [0.05, 0.1) is 25.1 Å². The summed E-state index contributed by atoms with van der Waals surface area (Å²) in [5, 5.41) is 15.3. The molecule has 5 rings (SSSR count). The standard InChI is InChI=1S/C28H39N5O2/c1-6-35-22-12-13-24(25(16-22)34-5)33-19(3)26-18(2)30-31-28(27(26)20(33)4)29-17-21-10-9-15-32-14-8-7-11-23(21)32/h12-13,16,21,23H,6-11,14-15,17H2,1-5H3,(H,29,31). The Hall–Kier alpha value is -2.80. The summed E-state index contributed by atoms with van der Waals surface area (Å²) in [6, 6.07) is 6.75. The van der Waals surface area contributed by atoms with Gasteiger partial charge in [0, 0.05) is 40.8 Å². The minimum atomic E-state index is 0.624. The fourth-order valence-electron chi connectivity index (χ4n) is 6.42. The van der Waals surface area contributed by atoms with Gasteiger partial charge in [-0.1, -0.05) is 6.42 Å². The third kappa shape index (κ3) is 4.35. The van der Waals surface area contributed by atoms with Crippen molar-refractivity contribution in [3.8, 4) is 17.2 Å². The van der Waals surface area contributed by atoms with Crippen LogP contribution >= 0.6 is 0 Å². The number of methoxy groups -OCH3 is 1. The van der Waals surface area contributed by atoms with Gasteiger partial charge in [-0.3, -0.25) is 0 Å².